The highest BCUT2D eigenvalue weighted by atomic mass is 16.1. The lowest BCUT2D eigenvalue weighted by molar-refractivity contribution is -0.124. The van der Waals surface area contributed by atoms with Crippen molar-refractivity contribution in [2.75, 3.05) is 33.2 Å². The summed E-state index contributed by atoms with van der Waals surface area (Å²) in [6.07, 6.45) is 0.884. The van der Waals surface area contributed by atoms with Gasteiger partial charge in [0.15, 0.2) is 0 Å². The van der Waals surface area contributed by atoms with Gasteiger partial charge in [-0.1, -0.05) is 38.1 Å². The average Bonchev–Trinajstić information content (AvgIpc) is 2.55. The number of carbonyl (C=O) groups excluding carboxylic acids is 1. The highest BCUT2D eigenvalue weighted by molar-refractivity contribution is 5.78. The summed E-state index contributed by atoms with van der Waals surface area (Å²) >= 11 is 0. The second-order valence-corrected chi connectivity index (χ2v) is 6.38. The fourth-order valence-corrected chi connectivity index (χ4v) is 2.67. The fourth-order valence-electron chi connectivity index (χ4n) is 2.67. The first-order valence-electron chi connectivity index (χ1n) is 8.35. The third-order valence-corrected chi connectivity index (χ3v) is 4.62. The largest absolute Gasteiger partial charge is 0.352 e. The molecule has 0 bridgehead atoms. The Hall–Kier alpha value is -1.39. The Morgan fingerprint density at radius 3 is 2.45 bits per heavy atom. The Morgan fingerprint density at radius 1 is 1.18 bits per heavy atom. The summed E-state index contributed by atoms with van der Waals surface area (Å²) in [7, 11) is 2.18. The standard InChI is InChI=1S/C18H29N3O/c1-4-15(2)18(22)19-13-16-7-5-6-8-17(16)14-21-11-9-20(3)10-12-21/h5-8,15H,4,9-14H2,1-3H3,(H,19,22)/t15-/m1/s1. The van der Waals surface area contributed by atoms with E-state index in [1.54, 1.807) is 0 Å². The molecule has 0 aliphatic carbocycles. The smallest absolute Gasteiger partial charge is 0.223 e. The molecule has 1 aliphatic heterocycles. The number of rotatable bonds is 6. The van der Waals surface area contributed by atoms with E-state index in [4.69, 9.17) is 0 Å². The van der Waals surface area contributed by atoms with Gasteiger partial charge in [-0.3, -0.25) is 9.69 Å². The number of hydrogen-bond donors (Lipinski definition) is 1. The molecule has 0 radical (unpaired) electrons. The molecule has 1 atom stereocenters. The van der Waals surface area contributed by atoms with Gasteiger partial charge < -0.3 is 10.2 Å². The van der Waals surface area contributed by atoms with Crippen LogP contribution in [0.1, 0.15) is 31.4 Å². The maximum absolute atomic E-state index is 12.0. The van der Waals surface area contributed by atoms with E-state index in [0.29, 0.717) is 6.54 Å². The van der Waals surface area contributed by atoms with Gasteiger partial charge in [-0.2, -0.15) is 0 Å². The fraction of sp³-hybridized carbons (Fsp3) is 0.611. The third kappa shape index (κ3) is 4.82. The van der Waals surface area contributed by atoms with Crippen LogP contribution in [0.2, 0.25) is 0 Å². The molecule has 1 saturated heterocycles. The lowest BCUT2D eigenvalue weighted by Crippen LogP contribution is -2.44. The first-order chi connectivity index (χ1) is 10.6. The molecule has 1 aromatic rings. The number of benzene rings is 1. The van der Waals surface area contributed by atoms with Crippen molar-refractivity contribution in [2.45, 2.75) is 33.4 Å². The molecule has 1 aliphatic rings. The van der Waals surface area contributed by atoms with Gasteiger partial charge in [-0.25, -0.2) is 0 Å². The second kappa shape index (κ2) is 8.30. The molecule has 22 heavy (non-hydrogen) atoms. The number of piperazine rings is 1. The van der Waals surface area contributed by atoms with E-state index in [9.17, 15) is 4.79 Å². The van der Waals surface area contributed by atoms with Gasteiger partial charge in [-0.05, 0) is 24.6 Å². The zero-order valence-electron chi connectivity index (χ0n) is 14.1. The first kappa shape index (κ1) is 17.0. The molecule has 0 saturated carbocycles. The Kier molecular flexibility index (Phi) is 6.40. The summed E-state index contributed by atoms with van der Waals surface area (Å²) in [5.41, 5.74) is 2.56. The van der Waals surface area contributed by atoms with Crippen molar-refractivity contribution in [1.29, 1.82) is 0 Å². The van der Waals surface area contributed by atoms with Crippen molar-refractivity contribution < 1.29 is 4.79 Å². The van der Waals surface area contributed by atoms with Crippen molar-refractivity contribution in [2.24, 2.45) is 5.92 Å². The highest BCUT2D eigenvalue weighted by Gasteiger charge is 2.16. The van der Waals surface area contributed by atoms with Gasteiger partial charge in [0.2, 0.25) is 5.91 Å². The number of amides is 1. The molecule has 1 heterocycles. The number of carbonyl (C=O) groups is 1. The van der Waals surface area contributed by atoms with Crippen LogP contribution in [0.4, 0.5) is 0 Å². The predicted molar refractivity (Wildman–Crippen MR) is 90.5 cm³/mol. The van der Waals surface area contributed by atoms with Crippen LogP contribution in [0.5, 0.6) is 0 Å². The minimum absolute atomic E-state index is 0.0878. The van der Waals surface area contributed by atoms with Crippen molar-refractivity contribution in [3.8, 4) is 0 Å². The molecule has 2 rings (SSSR count). The van der Waals surface area contributed by atoms with Gasteiger partial charge >= 0.3 is 0 Å². The van der Waals surface area contributed by atoms with Crippen molar-refractivity contribution in [3.05, 3.63) is 35.4 Å². The average molecular weight is 303 g/mol. The molecule has 1 aromatic carbocycles. The third-order valence-electron chi connectivity index (χ3n) is 4.62. The molecule has 1 fully saturated rings. The molecule has 4 heteroatoms. The molecular weight excluding hydrogens is 274 g/mol. The van der Waals surface area contributed by atoms with Crippen LogP contribution in [-0.2, 0) is 17.9 Å². The van der Waals surface area contributed by atoms with E-state index < -0.39 is 0 Å². The van der Waals surface area contributed by atoms with Crippen LogP contribution in [0.3, 0.4) is 0 Å². The molecule has 1 N–H and O–H groups in total. The molecule has 0 spiro atoms. The van der Waals surface area contributed by atoms with E-state index in [2.05, 4.69) is 46.4 Å². The topological polar surface area (TPSA) is 35.6 Å². The first-order valence-corrected chi connectivity index (χ1v) is 8.35. The SMILES string of the molecule is CC[C@@H](C)C(=O)NCc1ccccc1CN1CCN(C)CC1. The van der Waals surface area contributed by atoms with Crippen LogP contribution in [0.15, 0.2) is 24.3 Å². The van der Waals surface area contributed by atoms with Crippen molar-refractivity contribution in [1.82, 2.24) is 15.1 Å². The summed E-state index contributed by atoms with van der Waals surface area (Å²) < 4.78 is 0. The molecule has 1 amide bonds. The Balaban J connectivity index is 1.93. The second-order valence-electron chi connectivity index (χ2n) is 6.38. The lowest BCUT2D eigenvalue weighted by Gasteiger charge is -2.32. The predicted octanol–water partition coefficient (Wildman–Crippen LogP) is 2.10. The van der Waals surface area contributed by atoms with Crippen LogP contribution in [-0.4, -0.2) is 48.9 Å². The highest BCUT2D eigenvalue weighted by Crippen LogP contribution is 2.13. The minimum atomic E-state index is 0.0878. The van der Waals surface area contributed by atoms with Crippen LogP contribution < -0.4 is 5.32 Å². The number of hydrogen-bond acceptors (Lipinski definition) is 3. The zero-order valence-corrected chi connectivity index (χ0v) is 14.1. The van der Waals surface area contributed by atoms with Gasteiger partial charge in [0.25, 0.3) is 0 Å². The number of likely N-dealkylation sites (N-methyl/N-ethyl adjacent to an activating group) is 1. The van der Waals surface area contributed by atoms with Gasteiger partial charge in [-0.15, -0.1) is 0 Å². The quantitative estimate of drug-likeness (QED) is 0.874. The van der Waals surface area contributed by atoms with Crippen LogP contribution >= 0.6 is 0 Å². The molecular formula is C18H29N3O. The summed E-state index contributed by atoms with van der Waals surface area (Å²) in [6.45, 7) is 10.1. The number of nitrogens with one attached hydrogen (secondary N) is 1. The Labute approximate surface area is 134 Å². The summed E-state index contributed by atoms with van der Waals surface area (Å²) in [5.74, 6) is 0.238. The lowest BCUT2D eigenvalue weighted by atomic mass is 10.1. The Bertz CT molecular complexity index is 481. The maximum atomic E-state index is 12.0. The van der Waals surface area contributed by atoms with Gasteiger partial charge in [0.1, 0.15) is 0 Å². The molecule has 0 unspecified atom stereocenters. The van der Waals surface area contributed by atoms with Gasteiger partial charge in [0, 0.05) is 45.2 Å². The van der Waals surface area contributed by atoms with Gasteiger partial charge in [0.05, 0.1) is 0 Å². The monoisotopic (exact) mass is 303 g/mol. The maximum Gasteiger partial charge on any atom is 0.223 e. The minimum Gasteiger partial charge on any atom is -0.352 e. The normalized spacial score (nSPS) is 18.1. The van der Waals surface area contributed by atoms with E-state index >= 15 is 0 Å². The van der Waals surface area contributed by atoms with E-state index in [1.165, 1.54) is 11.1 Å². The molecule has 122 valence electrons. The van der Waals surface area contributed by atoms with E-state index in [1.807, 2.05) is 13.8 Å². The van der Waals surface area contributed by atoms with Crippen LogP contribution in [0.25, 0.3) is 0 Å². The van der Waals surface area contributed by atoms with Crippen LogP contribution in [0, 0.1) is 5.92 Å². The zero-order chi connectivity index (χ0) is 15.9. The summed E-state index contributed by atoms with van der Waals surface area (Å²) in [5, 5.41) is 3.07. The van der Waals surface area contributed by atoms with Crippen molar-refractivity contribution >= 4 is 5.91 Å². The molecule has 0 aromatic heterocycles. The Morgan fingerprint density at radius 2 is 1.82 bits per heavy atom. The molecule has 4 nitrogen and oxygen atoms in total. The van der Waals surface area contributed by atoms with Crippen molar-refractivity contribution in [3.63, 3.8) is 0 Å². The number of nitrogens with zero attached hydrogens (tertiary/aromatic N) is 2. The summed E-state index contributed by atoms with van der Waals surface area (Å²) in [4.78, 5) is 16.8. The van der Waals surface area contributed by atoms with E-state index in [0.717, 1.165) is 39.1 Å². The summed E-state index contributed by atoms with van der Waals surface area (Å²) in [6, 6.07) is 8.45. The van der Waals surface area contributed by atoms with E-state index in [-0.39, 0.29) is 11.8 Å².